The Labute approximate surface area is 67.6 Å². The molecule has 0 radical (unpaired) electrons. The summed E-state index contributed by atoms with van der Waals surface area (Å²) in [5, 5.41) is 0. The van der Waals surface area contributed by atoms with Crippen molar-refractivity contribution in [1.29, 1.82) is 0 Å². The number of nitrogen functional groups attached to an aromatic ring is 1. The van der Waals surface area contributed by atoms with Gasteiger partial charge in [-0.15, -0.1) is 0 Å². The summed E-state index contributed by atoms with van der Waals surface area (Å²) in [7, 11) is 0. The van der Waals surface area contributed by atoms with Gasteiger partial charge in [0.05, 0.1) is 0 Å². The minimum atomic E-state index is 0.946. The maximum Gasteiger partial charge on any atom is 0.0495 e. The van der Waals surface area contributed by atoms with Gasteiger partial charge in [-0.3, -0.25) is 5.84 Å². The summed E-state index contributed by atoms with van der Waals surface area (Å²) in [4.78, 5) is 0. The molecule has 0 bridgehead atoms. The molecule has 48 valence electrons. The first kappa shape index (κ1) is 6.82. The largest absolute Gasteiger partial charge is 0.324 e. The first-order valence-electron chi connectivity index (χ1n) is 2.55. The van der Waals surface area contributed by atoms with E-state index in [1.54, 1.807) is 0 Å². The molecule has 0 atom stereocenters. The van der Waals surface area contributed by atoms with Crippen molar-refractivity contribution in [2.24, 2.45) is 5.84 Å². The maximum atomic E-state index is 5.17. The zero-order valence-corrected chi connectivity index (χ0v) is 6.92. The summed E-state index contributed by atoms with van der Waals surface area (Å²) >= 11 is 2.23. The van der Waals surface area contributed by atoms with E-state index in [1.165, 1.54) is 3.57 Å². The number of nitrogens with two attached hydrogens (primary N) is 1. The summed E-state index contributed by atoms with van der Waals surface area (Å²) in [5.74, 6) is 5.17. The lowest BCUT2D eigenvalue weighted by molar-refractivity contribution is 1.35. The fraction of sp³-hybridized carbons (Fsp3) is 0. The van der Waals surface area contributed by atoms with Crippen LogP contribution in [0, 0.1) is 3.57 Å². The number of hydrogen-bond donors (Lipinski definition) is 2. The van der Waals surface area contributed by atoms with Crippen LogP contribution < -0.4 is 11.3 Å². The van der Waals surface area contributed by atoms with Crippen molar-refractivity contribution in [3.05, 3.63) is 27.8 Å². The molecule has 0 saturated carbocycles. The van der Waals surface area contributed by atoms with Gasteiger partial charge in [-0.2, -0.15) is 0 Å². The second-order valence-corrected chi connectivity index (χ2v) is 2.90. The topological polar surface area (TPSA) is 38.0 Å². The molecule has 2 nitrogen and oxygen atoms in total. The summed E-state index contributed by atoms with van der Waals surface area (Å²) < 4.78 is 1.18. The first-order valence-corrected chi connectivity index (χ1v) is 3.63. The molecule has 3 N–H and O–H groups in total. The molecule has 0 unspecified atom stereocenters. The molecule has 1 aromatic carbocycles. The van der Waals surface area contributed by atoms with E-state index < -0.39 is 0 Å². The van der Waals surface area contributed by atoms with Gasteiger partial charge in [0.1, 0.15) is 0 Å². The Hall–Kier alpha value is -0.290. The van der Waals surface area contributed by atoms with Gasteiger partial charge in [0.25, 0.3) is 0 Å². The number of nitrogens with one attached hydrogen (secondary N) is 1. The smallest absolute Gasteiger partial charge is 0.0495 e. The van der Waals surface area contributed by atoms with E-state index in [4.69, 9.17) is 5.84 Å². The third-order valence-corrected chi connectivity index (χ3v) is 1.66. The van der Waals surface area contributed by atoms with Crippen LogP contribution in [0.4, 0.5) is 5.69 Å². The number of hydrogen-bond acceptors (Lipinski definition) is 2. The highest BCUT2D eigenvalue weighted by atomic mass is 127. The van der Waals surface area contributed by atoms with Gasteiger partial charge in [-0.05, 0) is 40.8 Å². The fourth-order valence-corrected chi connectivity index (χ4v) is 1.12. The Kier molecular flexibility index (Phi) is 2.29. The van der Waals surface area contributed by atoms with E-state index >= 15 is 0 Å². The summed E-state index contributed by atoms with van der Waals surface area (Å²) in [6.07, 6.45) is 0. The van der Waals surface area contributed by atoms with E-state index in [2.05, 4.69) is 28.0 Å². The van der Waals surface area contributed by atoms with Crippen LogP contribution in [0.25, 0.3) is 0 Å². The van der Waals surface area contributed by atoms with Gasteiger partial charge in [0, 0.05) is 9.26 Å². The first-order chi connectivity index (χ1) is 4.33. The molecule has 0 aliphatic heterocycles. The molecule has 0 heterocycles. The lowest BCUT2D eigenvalue weighted by Gasteiger charge is -1.97. The minimum Gasteiger partial charge on any atom is -0.324 e. The standard InChI is InChI=1S/C6H7IN2/c7-5-2-1-3-6(4-5)9-8/h1-4,9H,8H2. The number of halogens is 1. The molecule has 0 aliphatic carbocycles. The average Bonchev–Trinajstić information content (AvgIpc) is 1.88. The maximum absolute atomic E-state index is 5.17. The molecule has 0 amide bonds. The molecular formula is C6H7IN2. The van der Waals surface area contributed by atoms with E-state index in [-0.39, 0.29) is 0 Å². The molecule has 0 aromatic heterocycles. The number of anilines is 1. The normalized spacial score (nSPS) is 9.11. The van der Waals surface area contributed by atoms with Crippen LogP contribution in [0.5, 0.6) is 0 Å². The van der Waals surface area contributed by atoms with Gasteiger partial charge in [-0.25, -0.2) is 0 Å². The van der Waals surface area contributed by atoms with Crippen molar-refractivity contribution in [3.63, 3.8) is 0 Å². The quantitative estimate of drug-likeness (QED) is 0.439. The average molecular weight is 234 g/mol. The number of rotatable bonds is 1. The Balaban J connectivity index is 2.94. The van der Waals surface area contributed by atoms with Gasteiger partial charge >= 0.3 is 0 Å². The van der Waals surface area contributed by atoms with E-state index in [0.29, 0.717) is 0 Å². The van der Waals surface area contributed by atoms with E-state index in [0.717, 1.165) is 5.69 Å². The predicted molar refractivity (Wildman–Crippen MR) is 47.0 cm³/mol. The van der Waals surface area contributed by atoms with Crippen molar-refractivity contribution < 1.29 is 0 Å². The van der Waals surface area contributed by atoms with Gasteiger partial charge in [0.2, 0.25) is 0 Å². The Morgan fingerprint density at radius 1 is 1.44 bits per heavy atom. The van der Waals surface area contributed by atoms with Crippen LogP contribution in [0.3, 0.4) is 0 Å². The van der Waals surface area contributed by atoms with Gasteiger partial charge in [0.15, 0.2) is 0 Å². The molecule has 0 spiro atoms. The summed E-state index contributed by atoms with van der Waals surface area (Å²) in [5.41, 5.74) is 3.51. The molecule has 9 heavy (non-hydrogen) atoms. The van der Waals surface area contributed by atoms with Gasteiger partial charge < -0.3 is 5.43 Å². The number of benzene rings is 1. The molecule has 0 aliphatic rings. The van der Waals surface area contributed by atoms with E-state index in [1.807, 2.05) is 24.3 Å². The van der Waals surface area contributed by atoms with Crippen molar-refractivity contribution in [1.82, 2.24) is 0 Å². The highest BCUT2D eigenvalue weighted by Gasteiger charge is 1.86. The van der Waals surface area contributed by atoms with Crippen molar-refractivity contribution in [2.75, 3.05) is 5.43 Å². The van der Waals surface area contributed by atoms with Gasteiger partial charge in [-0.1, -0.05) is 6.07 Å². The second kappa shape index (κ2) is 3.03. The Bertz CT molecular complexity index is 200. The van der Waals surface area contributed by atoms with Crippen LogP contribution >= 0.6 is 22.6 Å². The van der Waals surface area contributed by atoms with E-state index in [9.17, 15) is 0 Å². The predicted octanol–water partition coefficient (Wildman–Crippen LogP) is 1.58. The molecule has 0 fully saturated rings. The Morgan fingerprint density at radius 3 is 2.67 bits per heavy atom. The summed E-state index contributed by atoms with van der Waals surface area (Å²) in [6, 6.07) is 7.86. The monoisotopic (exact) mass is 234 g/mol. The number of hydrazine groups is 1. The Morgan fingerprint density at radius 2 is 2.22 bits per heavy atom. The zero-order valence-electron chi connectivity index (χ0n) is 4.76. The highest BCUT2D eigenvalue weighted by Crippen LogP contribution is 2.10. The minimum absolute atomic E-state index is 0.946. The highest BCUT2D eigenvalue weighted by molar-refractivity contribution is 14.1. The third kappa shape index (κ3) is 1.83. The van der Waals surface area contributed by atoms with Crippen molar-refractivity contribution >= 4 is 28.3 Å². The van der Waals surface area contributed by atoms with Crippen LogP contribution in [0.2, 0.25) is 0 Å². The van der Waals surface area contributed by atoms with Crippen LogP contribution in [0.15, 0.2) is 24.3 Å². The van der Waals surface area contributed by atoms with Crippen molar-refractivity contribution in [3.8, 4) is 0 Å². The lowest BCUT2D eigenvalue weighted by Crippen LogP contribution is -2.06. The van der Waals surface area contributed by atoms with Crippen LogP contribution in [-0.4, -0.2) is 0 Å². The SMILES string of the molecule is NNc1cccc(I)c1. The van der Waals surface area contributed by atoms with Crippen LogP contribution in [0.1, 0.15) is 0 Å². The molecule has 1 rings (SSSR count). The molecule has 1 aromatic rings. The molecule has 0 saturated heterocycles. The molecular weight excluding hydrogens is 227 g/mol. The third-order valence-electron chi connectivity index (χ3n) is 0.991. The lowest BCUT2D eigenvalue weighted by atomic mass is 10.3. The summed E-state index contributed by atoms with van der Waals surface area (Å²) in [6.45, 7) is 0. The molecule has 3 heteroatoms. The van der Waals surface area contributed by atoms with Crippen LogP contribution in [-0.2, 0) is 0 Å². The fourth-order valence-electron chi connectivity index (χ4n) is 0.578. The second-order valence-electron chi connectivity index (χ2n) is 1.65. The zero-order chi connectivity index (χ0) is 6.69. The van der Waals surface area contributed by atoms with Crippen molar-refractivity contribution in [2.45, 2.75) is 0 Å².